The van der Waals surface area contributed by atoms with Gasteiger partial charge in [-0.3, -0.25) is 4.31 Å². The maximum Gasteiger partial charge on any atom is 0.235 e. The Morgan fingerprint density at radius 1 is 1.05 bits per heavy atom. The summed E-state index contributed by atoms with van der Waals surface area (Å²) in [5.41, 5.74) is 1.08. The quantitative estimate of drug-likeness (QED) is 0.826. The minimum atomic E-state index is -3.23. The minimum absolute atomic E-state index is 0.175. The summed E-state index contributed by atoms with van der Waals surface area (Å²) in [5, 5.41) is 0. The lowest BCUT2D eigenvalue weighted by atomic mass is 10.2. The monoisotopic (exact) mass is 327 g/mol. The summed E-state index contributed by atoms with van der Waals surface area (Å²) >= 11 is 0. The Balaban J connectivity index is 1.90. The van der Waals surface area contributed by atoms with E-state index in [1.54, 1.807) is 12.1 Å². The van der Waals surface area contributed by atoms with Gasteiger partial charge in [-0.2, -0.15) is 0 Å². The number of hydrogen-bond donors (Lipinski definition) is 0. The fourth-order valence-electron chi connectivity index (χ4n) is 3.12. The van der Waals surface area contributed by atoms with Gasteiger partial charge in [0.15, 0.2) is 0 Å². The largest absolute Gasteiger partial charge is 0.368 e. The van der Waals surface area contributed by atoms with Crippen LogP contribution in [0.2, 0.25) is 0 Å². The summed E-state index contributed by atoms with van der Waals surface area (Å²) in [6.45, 7) is 3.90. The number of hydrogen-bond acceptors (Lipinski definition) is 4. The summed E-state index contributed by atoms with van der Waals surface area (Å²) in [7, 11) is -1.17. The zero-order valence-corrected chi connectivity index (χ0v) is 13.6. The molecule has 2 heterocycles. The van der Waals surface area contributed by atoms with E-state index in [0.717, 1.165) is 32.6 Å². The number of rotatable bonds is 2. The molecule has 2 aliphatic rings. The van der Waals surface area contributed by atoms with E-state index >= 15 is 0 Å². The molecule has 0 bridgehead atoms. The maximum absolute atomic E-state index is 14.2. The number of anilines is 2. The lowest BCUT2D eigenvalue weighted by molar-refractivity contribution is 0.360. The van der Waals surface area contributed by atoms with Crippen molar-refractivity contribution in [3.05, 3.63) is 24.0 Å². The smallest absolute Gasteiger partial charge is 0.235 e. The molecule has 2 fully saturated rings. The zero-order valence-electron chi connectivity index (χ0n) is 12.8. The first kappa shape index (κ1) is 15.6. The third kappa shape index (κ3) is 3.05. The van der Waals surface area contributed by atoms with Gasteiger partial charge >= 0.3 is 0 Å². The average Bonchev–Trinajstić information content (AvgIpc) is 2.68. The van der Waals surface area contributed by atoms with Gasteiger partial charge in [0.25, 0.3) is 0 Å². The van der Waals surface area contributed by atoms with Crippen LogP contribution in [0.15, 0.2) is 18.2 Å². The van der Waals surface area contributed by atoms with Crippen LogP contribution in [0.25, 0.3) is 0 Å². The molecule has 0 aliphatic carbocycles. The highest BCUT2D eigenvalue weighted by molar-refractivity contribution is 7.93. The normalized spacial score (nSPS) is 22.8. The molecular formula is C15H22FN3O2S. The van der Waals surface area contributed by atoms with E-state index < -0.39 is 10.0 Å². The van der Waals surface area contributed by atoms with Gasteiger partial charge in [-0.15, -0.1) is 0 Å². The minimum Gasteiger partial charge on any atom is -0.368 e. The Bertz CT molecular complexity index is 650. The molecule has 3 rings (SSSR count). The van der Waals surface area contributed by atoms with Gasteiger partial charge in [0.1, 0.15) is 5.82 Å². The Morgan fingerprint density at radius 3 is 2.59 bits per heavy atom. The highest BCUT2D eigenvalue weighted by Crippen LogP contribution is 2.30. The van der Waals surface area contributed by atoms with Crippen molar-refractivity contribution in [1.29, 1.82) is 0 Å². The van der Waals surface area contributed by atoms with E-state index in [9.17, 15) is 12.8 Å². The van der Waals surface area contributed by atoms with Crippen molar-refractivity contribution < 1.29 is 12.8 Å². The Labute approximate surface area is 131 Å². The second-order valence-electron chi connectivity index (χ2n) is 6.02. The number of halogens is 1. The molecule has 0 atom stereocenters. The van der Waals surface area contributed by atoms with E-state index in [4.69, 9.17) is 0 Å². The summed E-state index contributed by atoms with van der Waals surface area (Å²) < 4.78 is 39.7. The second-order valence-corrected chi connectivity index (χ2v) is 8.03. The molecule has 0 radical (unpaired) electrons. The van der Waals surface area contributed by atoms with E-state index in [1.165, 1.54) is 10.4 Å². The summed E-state index contributed by atoms with van der Waals surface area (Å²) in [5.74, 6) is -0.112. The van der Waals surface area contributed by atoms with Crippen LogP contribution in [0, 0.1) is 5.82 Å². The second kappa shape index (κ2) is 6.04. The van der Waals surface area contributed by atoms with Crippen LogP contribution >= 0.6 is 0 Å². The van der Waals surface area contributed by atoms with E-state index in [-0.39, 0.29) is 11.6 Å². The summed E-state index contributed by atoms with van der Waals surface area (Å²) in [6, 6.07) is 4.63. The number of nitrogens with zero attached hydrogens (tertiary/aromatic N) is 3. The number of likely N-dealkylation sites (N-methyl/N-ethyl adjacent to an activating group) is 1. The molecule has 2 aliphatic heterocycles. The first-order chi connectivity index (χ1) is 10.5. The third-order valence-electron chi connectivity index (χ3n) is 4.38. The molecule has 1 aromatic carbocycles. The predicted octanol–water partition coefficient (Wildman–Crippen LogP) is 1.51. The van der Waals surface area contributed by atoms with Gasteiger partial charge in [-0.25, -0.2) is 12.8 Å². The molecule has 5 nitrogen and oxygen atoms in total. The molecule has 22 heavy (non-hydrogen) atoms. The molecule has 122 valence electrons. The molecule has 0 unspecified atom stereocenters. The Morgan fingerprint density at radius 2 is 1.86 bits per heavy atom. The van der Waals surface area contributed by atoms with Gasteiger partial charge < -0.3 is 9.80 Å². The van der Waals surface area contributed by atoms with Crippen molar-refractivity contribution in [3.63, 3.8) is 0 Å². The molecule has 0 amide bonds. The molecule has 0 N–H and O–H groups in total. The van der Waals surface area contributed by atoms with Crippen LogP contribution < -0.4 is 9.21 Å². The molecule has 0 saturated carbocycles. The SMILES string of the molecule is CN1CCCN(c2cc(N3CCCS3(=O)=O)ccc2F)CC1. The van der Waals surface area contributed by atoms with Crippen LogP contribution in [0.5, 0.6) is 0 Å². The van der Waals surface area contributed by atoms with Gasteiger partial charge in [0.05, 0.1) is 17.1 Å². The predicted molar refractivity (Wildman–Crippen MR) is 86.5 cm³/mol. The van der Waals surface area contributed by atoms with Gasteiger partial charge in [-0.1, -0.05) is 0 Å². The highest BCUT2D eigenvalue weighted by Gasteiger charge is 2.29. The average molecular weight is 327 g/mol. The lowest BCUT2D eigenvalue weighted by Crippen LogP contribution is -2.30. The molecule has 7 heteroatoms. The van der Waals surface area contributed by atoms with E-state index in [2.05, 4.69) is 11.9 Å². The van der Waals surface area contributed by atoms with Crippen LogP contribution in [0.4, 0.5) is 15.8 Å². The van der Waals surface area contributed by atoms with Crippen molar-refractivity contribution in [2.75, 3.05) is 54.7 Å². The van der Waals surface area contributed by atoms with E-state index in [0.29, 0.717) is 24.3 Å². The van der Waals surface area contributed by atoms with Crippen molar-refractivity contribution in [3.8, 4) is 0 Å². The Kier molecular flexibility index (Phi) is 4.27. The van der Waals surface area contributed by atoms with Gasteiger partial charge in [-0.05, 0) is 44.6 Å². The van der Waals surface area contributed by atoms with Gasteiger partial charge in [0.2, 0.25) is 10.0 Å². The van der Waals surface area contributed by atoms with Crippen molar-refractivity contribution in [2.45, 2.75) is 12.8 Å². The summed E-state index contributed by atoms with van der Waals surface area (Å²) in [6.07, 6.45) is 1.60. The molecule has 0 spiro atoms. The fourth-order valence-corrected chi connectivity index (χ4v) is 4.67. The fraction of sp³-hybridized carbons (Fsp3) is 0.600. The van der Waals surface area contributed by atoms with Crippen LogP contribution in [0.1, 0.15) is 12.8 Å². The molecule has 2 saturated heterocycles. The highest BCUT2D eigenvalue weighted by atomic mass is 32.2. The molecule has 0 aromatic heterocycles. The lowest BCUT2D eigenvalue weighted by Gasteiger charge is -2.25. The summed E-state index contributed by atoms with van der Waals surface area (Å²) in [4.78, 5) is 4.25. The van der Waals surface area contributed by atoms with Crippen molar-refractivity contribution in [1.82, 2.24) is 4.90 Å². The van der Waals surface area contributed by atoms with Crippen molar-refractivity contribution in [2.24, 2.45) is 0 Å². The van der Waals surface area contributed by atoms with Crippen LogP contribution in [0.3, 0.4) is 0 Å². The standard InChI is InChI=1S/C15H22FN3O2S/c1-17-6-2-7-18(10-9-17)15-12-13(4-5-14(15)16)19-8-3-11-22(19,20)21/h4-5,12H,2-3,6-11H2,1H3. The topological polar surface area (TPSA) is 43.9 Å². The molecular weight excluding hydrogens is 305 g/mol. The zero-order chi connectivity index (χ0) is 15.7. The first-order valence-corrected chi connectivity index (χ1v) is 9.32. The molecule has 1 aromatic rings. The number of benzene rings is 1. The Hall–Kier alpha value is -1.34. The van der Waals surface area contributed by atoms with E-state index in [1.807, 2.05) is 4.90 Å². The van der Waals surface area contributed by atoms with Crippen LogP contribution in [-0.2, 0) is 10.0 Å². The van der Waals surface area contributed by atoms with Crippen molar-refractivity contribution >= 4 is 21.4 Å². The maximum atomic E-state index is 14.2. The number of sulfonamides is 1. The first-order valence-electron chi connectivity index (χ1n) is 7.71. The van der Waals surface area contributed by atoms with Gasteiger partial charge in [0, 0.05) is 26.2 Å². The van der Waals surface area contributed by atoms with Crippen LogP contribution in [-0.4, -0.2) is 58.8 Å². The third-order valence-corrected chi connectivity index (χ3v) is 6.25.